The van der Waals surface area contributed by atoms with Crippen LogP contribution in [0.15, 0.2) is 18.2 Å². The van der Waals surface area contributed by atoms with Crippen molar-refractivity contribution in [3.63, 3.8) is 0 Å². The molecule has 1 aliphatic heterocycles. The van der Waals surface area contributed by atoms with Gasteiger partial charge in [0.15, 0.2) is 0 Å². The molecule has 1 saturated heterocycles. The molecule has 1 fully saturated rings. The summed E-state index contributed by atoms with van der Waals surface area (Å²) in [5.74, 6) is -0.898. The molecule has 1 aromatic rings. The Morgan fingerprint density at radius 2 is 2.00 bits per heavy atom. The molecule has 0 spiro atoms. The fourth-order valence-corrected chi connectivity index (χ4v) is 2.60. The summed E-state index contributed by atoms with van der Waals surface area (Å²) >= 11 is 5.91. The molecule has 1 aromatic carbocycles. The van der Waals surface area contributed by atoms with Gasteiger partial charge in [-0.15, -0.1) is 0 Å². The van der Waals surface area contributed by atoms with Gasteiger partial charge in [0, 0.05) is 25.2 Å². The molecular weight excluding hydrogens is 255 g/mol. The smallest absolute Gasteiger partial charge is 0.258 e. The molecule has 5 heteroatoms. The molecule has 0 saturated carbocycles. The summed E-state index contributed by atoms with van der Waals surface area (Å²) in [6, 6.07) is 4.69. The Balaban J connectivity index is 2.26. The number of nitrogens with one attached hydrogen (secondary N) is 1. The van der Waals surface area contributed by atoms with Crippen molar-refractivity contribution < 1.29 is 9.18 Å². The highest BCUT2D eigenvalue weighted by atomic mass is 35.5. The Bertz CT molecular complexity index is 436. The predicted molar refractivity (Wildman–Crippen MR) is 69.4 cm³/mol. The number of halogens is 2. The number of nitrogens with zero attached hydrogens (tertiary/aromatic N) is 1. The second-order valence-corrected chi connectivity index (χ2v) is 5.18. The number of rotatable bonds is 1. The van der Waals surface area contributed by atoms with E-state index in [-0.39, 0.29) is 28.6 Å². The molecule has 1 heterocycles. The number of carbonyl (C=O) groups is 1. The minimum Gasteiger partial charge on any atom is -0.335 e. The van der Waals surface area contributed by atoms with Gasteiger partial charge in [-0.1, -0.05) is 17.7 Å². The van der Waals surface area contributed by atoms with Crippen LogP contribution in [0.5, 0.6) is 0 Å². The van der Waals surface area contributed by atoms with Crippen LogP contribution >= 0.6 is 11.6 Å². The summed E-state index contributed by atoms with van der Waals surface area (Å²) in [4.78, 5) is 14.0. The monoisotopic (exact) mass is 270 g/mol. The van der Waals surface area contributed by atoms with E-state index in [1.165, 1.54) is 18.2 Å². The van der Waals surface area contributed by atoms with Gasteiger partial charge in [0.05, 0.1) is 10.6 Å². The molecule has 3 nitrogen and oxygen atoms in total. The minimum absolute atomic E-state index is 0.0273. The molecule has 1 aliphatic rings. The van der Waals surface area contributed by atoms with Crippen LogP contribution in [0.3, 0.4) is 0 Å². The van der Waals surface area contributed by atoms with Crippen LogP contribution in [-0.4, -0.2) is 36.0 Å². The molecule has 2 atom stereocenters. The third kappa shape index (κ3) is 2.65. The van der Waals surface area contributed by atoms with Crippen molar-refractivity contribution in [3.05, 3.63) is 34.6 Å². The lowest BCUT2D eigenvalue weighted by Crippen LogP contribution is -2.56. The zero-order valence-corrected chi connectivity index (χ0v) is 11.2. The summed E-state index contributed by atoms with van der Waals surface area (Å²) in [6.45, 7) is 5.12. The fourth-order valence-electron chi connectivity index (χ4n) is 2.35. The van der Waals surface area contributed by atoms with E-state index < -0.39 is 5.82 Å². The van der Waals surface area contributed by atoms with Gasteiger partial charge in [0.1, 0.15) is 5.82 Å². The first-order chi connectivity index (χ1) is 8.49. The second-order valence-electron chi connectivity index (χ2n) is 4.78. The summed E-state index contributed by atoms with van der Waals surface area (Å²) in [6.07, 6.45) is 0. The van der Waals surface area contributed by atoms with Crippen molar-refractivity contribution in [2.45, 2.75) is 25.9 Å². The zero-order chi connectivity index (χ0) is 13.3. The van der Waals surface area contributed by atoms with E-state index >= 15 is 0 Å². The van der Waals surface area contributed by atoms with Gasteiger partial charge in [-0.3, -0.25) is 4.79 Å². The average Bonchev–Trinajstić information content (AvgIpc) is 2.27. The normalized spacial score (nSPS) is 24.1. The standard InChI is InChI=1S/C13H16ClFN2O/c1-8-6-17(7-9(2)16-8)13(18)12-10(14)4-3-5-11(12)15/h3-5,8-9,16H,6-7H2,1-2H3/t8-,9+. The van der Waals surface area contributed by atoms with Gasteiger partial charge in [-0.05, 0) is 26.0 Å². The predicted octanol–water partition coefficient (Wildman–Crippen LogP) is 2.30. The molecule has 98 valence electrons. The van der Waals surface area contributed by atoms with E-state index in [2.05, 4.69) is 5.32 Å². The molecule has 2 rings (SSSR count). The quantitative estimate of drug-likeness (QED) is 0.849. The Hall–Kier alpha value is -1.13. The summed E-state index contributed by atoms with van der Waals surface area (Å²) < 4.78 is 13.7. The number of carbonyl (C=O) groups excluding carboxylic acids is 1. The van der Waals surface area contributed by atoms with Gasteiger partial charge >= 0.3 is 0 Å². The maximum absolute atomic E-state index is 13.7. The lowest BCUT2D eigenvalue weighted by molar-refractivity contribution is 0.0669. The van der Waals surface area contributed by atoms with Crippen LogP contribution in [0.4, 0.5) is 4.39 Å². The molecule has 18 heavy (non-hydrogen) atoms. The lowest BCUT2D eigenvalue weighted by atomic mass is 10.1. The van der Waals surface area contributed by atoms with Crippen molar-refractivity contribution in [3.8, 4) is 0 Å². The first-order valence-electron chi connectivity index (χ1n) is 5.98. The maximum Gasteiger partial charge on any atom is 0.258 e. The van der Waals surface area contributed by atoms with Gasteiger partial charge in [0.2, 0.25) is 0 Å². The molecule has 0 aliphatic carbocycles. The molecule has 0 unspecified atom stereocenters. The molecule has 0 bridgehead atoms. The first-order valence-corrected chi connectivity index (χ1v) is 6.36. The summed E-state index contributed by atoms with van der Waals surface area (Å²) in [5.41, 5.74) is -0.0273. The Kier molecular flexibility index (Phi) is 3.88. The second kappa shape index (κ2) is 5.24. The third-order valence-corrected chi connectivity index (χ3v) is 3.34. The van der Waals surface area contributed by atoms with E-state index in [0.717, 1.165) is 0 Å². The van der Waals surface area contributed by atoms with Gasteiger partial charge < -0.3 is 10.2 Å². The van der Waals surface area contributed by atoms with Crippen molar-refractivity contribution in [1.82, 2.24) is 10.2 Å². The minimum atomic E-state index is -0.564. The van der Waals surface area contributed by atoms with Crippen molar-refractivity contribution >= 4 is 17.5 Å². The summed E-state index contributed by atoms with van der Waals surface area (Å²) in [5, 5.41) is 3.49. The SMILES string of the molecule is C[C@@H]1CN(C(=O)c2c(F)cccc2Cl)C[C@H](C)N1. The zero-order valence-electron chi connectivity index (χ0n) is 10.4. The number of piperazine rings is 1. The maximum atomic E-state index is 13.7. The number of hydrogen-bond donors (Lipinski definition) is 1. The number of hydrogen-bond acceptors (Lipinski definition) is 2. The Morgan fingerprint density at radius 1 is 1.39 bits per heavy atom. The molecular formula is C13H16ClFN2O. The van der Waals surface area contributed by atoms with Crippen molar-refractivity contribution in [2.75, 3.05) is 13.1 Å². The van der Waals surface area contributed by atoms with E-state index in [1.807, 2.05) is 13.8 Å². The number of benzene rings is 1. The van der Waals surface area contributed by atoms with Crippen molar-refractivity contribution in [2.24, 2.45) is 0 Å². The molecule has 0 aromatic heterocycles. The highest BCUT2D eigenvalue weighted by Crippen LogP contribution is 2.21. The van der Waals surface area contributed by atoms with Gasteiger partial charge in [-0.2, -0.15) is 0 Å². The third-order valence-electron chi connectivity index (χ3n) is 3.02. The largest absolute Gasteiger partial charge is 0.335 e. The van der Waals surface area contributed by atoms with E-state index in [1.54, 1.807) is 4.90 Å². The van der Waals surface area contributed by atoms with E-state index in [0.29, 0.717) is 13.1 Å². The Labute approximate surface area is 111 Å². The van der Waals surface area contributed by atoms with Crippen molar-refractivity contribution in [1.29, 1.82) is 0 Å². The van der Waals surface area contributed by atoms with Crippen LogP contribution in [0.25, 0.3) is 0 Å². The van der Waals surface area contributed by atoms with Crippen LogP contribution in [-0.2, 0) is 0 Å². The molecule has 1 N–H and O–H groups in total. The van der Waals surface area contributed by atoms with Gasteiger partial charge in [-0.25, -0.2) is 4.39 Å². The summed E-state index contributed by atoms with van der Waals surface area (Å²) in [7, 11) is 0. The van der Waals surface area contributed by atoms with Crippen LogP contribution in [0, 0.1) is 5.82 Å². The highest BCUT2D eigenvalue weighted by molar-refractivity contribution is 6.33. The molecule has 1 amide bonds. The topological polar surface area (TPSA) is 32.3 Å². The fraction of sp³-hybridized carbons (Fsp3) is 0.462. The number of amides is 1. The van der Waals surface area contributed by atoms with Crippen LogP contribution < -0.4 is 5.32 Å². The van der Waals surface area contributed by atoms with Gasteiger partial charge in [0.25, 0.3) is 5.91 Å². The van der Waals surface area contributed by atoms with E-state index in [4.69, 9.17) is 11.6 Å². The highest BCUT2D eigenvalue weighted by Gasteiger charge is 2.28. The molecule has 0 radical (unpaired) electrons. The Morgan fingerprint density at radius 3 is 2.56 bits per heavy atom. The van der Waals surface area contributed by atoms with Crippen LogP contribution in [0.2, 0.25) is 5.02 Å². The first kappa shape index (κ1) is 13.3. The average molecular weight is 271 g/mol. The van der Waals surface area contributed by atoms with E-state index in [9.17, 15) is 9.18 Å². The van der Waals surface area contributed by atoms with Crippen LogP contribution in [0.1, 0.15) is 24.2 Å². The lowest BCUT2D eigenvalue weighted by Gasteiger charge is -2.36.